The smallest absolute Gasteiger partial charge is 0.410 e. The number of carbonyl (C=O) groups excluding carboxylic acids is 2. The van der Waals surface area contributed by atoms with Gasteiger partial charge in [-0.25, -0.2) is 4.79 Å². The third-order valence-corrected chi connectivity index (χ3v) is 3.02. The first-order valence-corrected chi connectivity index (χ1v) is 6.50. The first-order chi connectivity index (χ1) is 8.37. The molecule has 1 atom stereocenters. The van der Waals surface area contributed by atoms with Gasteiger partial charge in [-0.3, -0.25) is 4.79 Å². The monoisotopic (exact) mass is 255 g/mol. The molecule has 0 N–H and O–H groups in total. The lowest BCUT2D eigenvalue weighted by Crippen LogP contribution is -2.50. The van der Waals surface area contributed by atoms with Crippen molar-refractivity contribution >= 4 is 11.9 Å². The van der Waals surface area contributed by atoms with E-state index in [4.69, 9.17) is 9.47 Å². The van der Waals surface area contributed by atoms with Crippen LogP contribution in [0.15, 0.2) is 0 Å². The van der Waals surface area contributed by atoms with Crippen molar-refractivity contribution in [2.24, 2.45) is 5.92 Å². The van der Waals surface area contributed by atoms with Gasteiger partial charge >= 0.3 is 6.09 Å². The van der Waals surface area contributed by atoms with E-state index in [1.807, 2.05) is 20.8 Å². The van der Waals surface area contributed by atoms with E-state index in [-0.39, 0.29) is 17.8 Å². The number of hydrogen-bond acceptors (Lipinski definition) is 4. The number of ether oxygens (including phenoxy) is 2. The van der Waals surface area contributed by atoms with Crippen LogP contribution in [0, 0.1) is 5.92 Å². The average Bonchev–Trinajstić information content (AvgIpc) is 3.10. The molecule has 0 bridgehead atoms. The van der Waals surface area contributed by atoms with E-state index < -0.39 is 11.7 Å². The number of carbonyl (C=O) groups is 2. The normalized spacial score (nSPS) is 24.8. The summed E-state index contributed by atoms with van der Waals surface area (Å²) in [6.07, 6.45) is 1.11. The van der Waals surface area contributed by atoms with Gasteiger partial charge < -0.3 is 14.4 Å². The van der Waals surface area contributed by atoms with E-state index in [1.165, 1.54) is 0 Å². The summed E-state index contributed by atoms with van der Waals surface area (Å²) in [5.41, 5.74) is -0.509. The second-order valence-electron chi connectivity index (χ2n) is 5.96. The summed E-state index contributed by atoms with van der Waals surface area (Å²) in [5.74, 6) is 0.303. The van der Waals surface area contributed by atoms with Gasteiger partial charge in [-0.1, -0.05) is 0 Å². The van der Waals surface area contributed by atoms with Crippen LogP contribution < -0.4 is 0 Å². The molecular formula is C13H21NO4. The van der Waals surface area contributed by atoms with Crippen molar-refractivity contribution in [3.05, 3.63) is 0 Å². The minimum absolute atomic E-state index is 0.142. The van der Waals surface area contributed by atoms with Crippen molar-refractivity contribution in [1.82, 2.24) is 4.90 Å². The standard InChI is InChI=1S/C13H21NO4/c1-13(2,3)18-12(16)14-6-7-17-10(8-14)11(15)9-4-5-9/h9-10H,4-8H2,1-3H3. The maximum atomic E-state index is 11.9. The van der Waals surface area contributed by atoms with Crippen LogP contribution >= 0.6 is 0 Å². The molecule has 2 rings (SSSR count). The minimum Gasteiger partial charge on any atom is -0.444 e. The van der Waals surface area contributed by atoms with E-state index >= 15 is 0 Å². The molecule has 102 valence electrons. The third-order valence-electron chi connectivity index (χ3n) is 3.02. The molecule has 1 aliphatic carbocycles. The van der Waals surface area contributed by atoms with E-state index in [2.05, 4.69) is 0 Å². The fourth-order valence-electron chi connectivity index (χ4n) is 1.94. The highest BCUT2D eigenvalue weighted by Crippen LogP contribution is 2.32. The van der Waals surface area contributed by atoms with E-state index in [9.17, 15) is 9.59 Å². The predicted octanol–water partition coefficient (Wildman–Crippen LogP) is 1.60. The Morgan fingerprint density at radius 3 is 2.50 bits per heavy atom. The molecule has 0 aromatic rings. The molecule has 0 aromatic carbocycles. The number of amides is 1. The average molecular weight is 255 g/mol. The van der Waals surface area contributed by atoms with Crippen LogP contribution in [0.5, 0.6) is 0 Å². The van der Waals surface area contributed by atoms with Gasteiger partial charge in [0, 0.05) is 12.5 Å². The van der Waals surface area contributed by atoms with Crippen molar-refractivity contribution in [1.29, 1.82) is 0 Å². The van der Waals surface area contributed by atoms with Gasteiger partial charge in [-0.05, 0) is 33.6 Å². The Hall–Kier alpha value is -1.10. The maximum Gasteiger partial charge on any atom is 0.410 e. The molecule has 2 fully saturated rings. The number of ketones is 1. The lowest BCUT2D eigenvalue weighted by molar-refractivity contribution is -0.137. The fraction of sp³-hybridized carbons (Fsp3) is 0.846. The van der Waals surface area contributed by atoms with Crippen LogP contribution in [0.2, 0.25) is 0 Å². The van der Waals surface area contributed by atoms with Gasteiger partial charge in [0.1, 0.15) is 11.7 Å². The fourth-order valence-corrected chi connectivity index (χ4v) is 1.94. The highest BCUT2D eigenvalue weighted by Gasteiger charge is 2.39. The van der Waals surface area contributed by atoms with E-state index in [0.717, 1.165) is 12.8 Å². The number of morpholine rings is 1. The molecule has 1 heterocycles. The quantitative estimate of drug-likeness (QED) is 0.752. The molecule has 1 unspecified atom stereocenters. The number of hydrogen-bond donors (Lipinski definition) is 0. The van der Waals surface area contributed by atoms with Gasteiger partial charge in [0.25, 0.3) is 0 Å². The van der Waals surface area contributed by atoms with Crippen LogP contribution in [0.4, 0.5) is 4.79 Å². The largest absolute Gasteiger partial charge is 0.444 e. The summed E-state index contributed by atoms with van der Waals surface area (Å²) in [6.45, 7) is 6.71. The zero-order chi connectivity index (χ0) is 13.3. The molecule has 0 spiro atoms. The molecule has 0 aromatic heterocycles. The zero-order valence-electron chi connectivity index (χ0n) is 11.3. The second-order valence-corrected chi connectivity index (χ2v) is 5.96. The molecule has 1 aliphatic heterocycles. The topological polar surface area (TPSA) is 55.8 Å². The molecule has 1 amide bonds. The first kappa shape index (κ1) is 13.3. The number of nitrogens with zero attached hydrogens (tertiary/aromatic N) is 1. The van der Waals surface area contributed by atoms with Crippen molar-refractivity contribution in [2.75, 3.05) is 19.7 Å². The summed E-state index contributed by atoms with van der Waals surface area (Å²) < 4.78 is 10.8. The minimum atomic E-state index is -0.509. The van der Waals surface area contributed by atoms with Crippen LogP contribution in [-0.4, -0.2) is 48.2 Å². The van der Waals surface area contributed by atoms with Gasteiger partial charge in [-0.2, -0.15) is 0 Å². The molecule has 5 heteroatoms. The van der Waals surface area contributed by atoms with Crippen LogP contribution in [0.3, 0.4) is 0 Å². The Morgan fingerprint density at radius 2 is 1.94 bits per heavy atom. The number of rotatable bonds is 2. The lowest BCUT2D eigenvalue weighted by Gasteiger charge is -2.33. The molecular weight excluding hydrogens is 234 g/mol. The molecule has 1 saturated carbocycles. The molecule has 1 saturated heterocycles. The number of Topliss-reactive ketones (excluding diaryl/α,β-unsaturated/α-hetero) is 1. The van der Waals surface area contributed by atoms with Crippen molar-refractivity contribution < 1.29 is 19.1 Å². The Balaban J connectivity index is 1.89. The van der Waals surface area contributed by atoms with Crippen LogP contribution in [0.25, 0.3) is 0 Å². The van der Waals surface area contributed by atoms with E-state index in [0.29, 0.717) is 19.7 Å². The van der Waals surface area contributed by atoms with Crippen molar-refractivity contribution in [3.63, 3.8) is 0 Å². The highest BCUT2D eigenvalue weighted by molar-refractivity contribution is 5.88. The Kier molecular flexibility index (Phi) is 3.61. The molecule has 2 aliphatic rings. The van der Waals surface area contributed by atoms with Gasteiger partial charge in [-0.15, -0.1) is 0 Å². The van der Waals surface area contributed by atoms with Crippen LogP contribution in [-0.2, 0) is 14.3 Å². The SMILES string of the molecule is CC(C)(C)OC(=O)N1CCOC(C(=O)C2CC2)C1. The van der Waals surface area contributed by atoms with E-state index in [1.54, 1.807) is 4.90 Å². The van der Waals surface area contributed by atoms with Crippen molar-refractivity contribution in [3.8, 4) is 0 Å². The first-order valence-electron chi connectivity index (χ1n) is 6.50. The Labute approximate surface area is 107 Å². The van der Waals surface area contributed by atoms with Gasteiger partial charge in [0.05, 0.1) is 13.2 Å². The summed E-state index contributed by atoms with van der Waals surface area (Å²) in [5, 5.41) is 0. The van der Waals surface area contributed by atoms with Gasteiger partial charge in [0.15, 0.2) is 5.78 Å². The highest BCUT2D eigenvalue weighted by atomic mass is 16.6. The summed E-state index contributed by atoms with van der Waals surface area (Å²) in [6, 6.07) is 0. The molecule has 0 radical (unpaired) electrons. The Morgan fingerprint density at radius 1 is 1.28 bits per heavy atom. The lowest BCUT2D eigenvalue weighted by atomic mass is 10.1. The summed E-state index contributed by atoms with van der Waals surface area (Å²) in [7, 11) is 0. The molecule has 18 heavy (non-hydrogen) atoms. The summed E-state index contributed by atoms with van der Waals surface area (Å²) in [4.78, 5) is 25.4. The van der Waals surface area contributed by atoms with Gasteiger partial charge in [0.2, 0.25) is 0 Å². The zero-order valence-corrected chi connectivity index (χ0v) is 11.3. The van der Waals surface area contributed by atoms with Crippen molar-refractivity contribution in [2.45, 2.75) is 45.3 Å². The van der Waals surface area contributed by atoms with Crippen LogP contribution in [0.1, 0.15) is 33.6 Å². The summed E-state index contributed by atoms with van der Waals surface area (Å²) >= 11 is 0. The second kappa shape index (κ2) is 4.88. The molecule has 5 nitrogen and oxygen atoms in total. The predicted molar refractivity (Wildman–Crippen MR) is 65.3 cm³/mol. The Bertz CT molecular complexity index is 343. The third kappa shape index (κ3) is 3.45. The maximum absolute atomic E-state index is 11.9.